The Morgan fingerprint density at radius 1 is 1.33 bits per heavy atom. The minimum Gasteiger partial charge on any atom is -0.494 e. The molecule has 0 unspecified atom stereocenters. The van der Waals surface area contributed by atoms with Crippen molar-refractivity contribution in [3.05, 3.63) is 24.0 Å². The van der Waals surface area contributed by atoms with Crippen molar-refractivity contribution in [2.75, 3.05) is 19.0 Å². The average molecular weight is 211 g/mol. The van der Waals surface area contributed by atoms with Gasteiger partial charge in [0.25, 0.3) is 0 Å². The molecule has 0 aliphatic heterocycles. The average Bonchev–Trinajstić information content (AvgIpc) is 2.15. The second-order valence-corrected chi connectivity index (χ2v) is 4.76. The predicted molar refractivity (Wildman–Crippen MR) is 60.9 cm³/mol. The van der Waals surface area contributed by atoms with E-state index in [0.717, 1.165) is 12.2 Å². The fraction of sp³-hybridized carbons (Fsp3) is 0.500. The van der Waals surface area contributed by atoms with Crippen molar-refractivity contribution >= 4 is 5.69 Å². The van der Waals surface area contributed by atoms with Gasteiger partial charge < -0.3 is 10.1 Å². The van der Waals surface area contributed by atoms with Gasteiger partial charge in [0.2, 0.25) is 0 Å². The van der Waals surface area contributed by atoms with Gasteiger partial charge in [-0.25, -0.2) is 4.39 Å². The first kappa shape index (κ1) is 11.8. The van der Waals surface area contributed by atoms with Gasteiger partial charge in [0.15, 0.2) is 11.6 Å². The van der Waals surface area contributed by atoms with Gasteiger partial charge in [-0.1, -0.05) is 20.8 Å². The van der Waals surface area contributed by atoms with Crippen LogP contribution in [-0.4, -0.2) is 13.7 Å². The summed E-state index contributed by atoms with van der Waals surface area (Å²) in [5.74, 6) is -0.0623. The highest BCUT2D eigenvalue weighted by atomic mass is 19.1. The van der Waals surface area contributed by atoms with Crippen LogP contribution in [0.25, 0.3) is 0 Å². The summed E-state index contributed by atoms with van der Waals surface area (Å²) in [7, 11) is 1.46. The van der Waals surface area contributed by atoms with Crippen molar-refractivity contribution in [3.63, 3.8) is 0 Å². The Morgan fingerprint density at radius 3 is 2.53 bits per heavy atom. The number of anilines is 1. The third kappa shape index (κ3) is 3.78. The number of halogens is 1. The lowest BCUT2D eigenvalue weighted by Crippen LogP contribution is -2.18. The van der Waals surface area contributed by atoms with Gasteiger partial charge >= 0.3 is 0 Å². The highest BCUT2D eigenvalue weighted by Gasteiger charge is 2.10. The van der Waals surface area contributed by atoms with Crippen LogP contribution >= 0.6 is 0 Å². The standard InChI is InChI=1S/C12H18FNO/c1-12(2,3)8-14-9-5-6-10(13)11(7-9)15-4/h5-7,14H,8H2,1-4H3. The molecule has 2 nitrogen and oxygen atoms in total. The maximum Gasteiger partial charge on any atom is 0.165 e. The van der Waals surface area contributed by atoms with E-state index in [1.54, 1.807) is 12.1 Å². The quantitative estimate of drug-likeness (QED) is 0.828. The van der Waals surface area contributed by atoms with Crippen LogP contribution in [0.2, 0.25) is 0 Å². The Hall–Kier alpha value is -1.25. The van der Waals surface area contributed by atoms with E-state index in [9.17, 15) is 4.39 Å². The van der Waals surface area contributed by atoms with Gasteiger partial charge in [0.05, 0.1) is 7.11 Å². The second-order valence-electron chi connectivity index (χ2n) is 4.76. The van der Waals surface area contributed by atoms with E-state index in [0.29, 0.717) is 0 Å². The Morgan fingerprint density at radius 2 is 2.00 bits per heavy atom. The van der Waals surface area contributed by atoms with Crippen LogP contribution in [0.3, 0.4) is 0 Å². The van der Waals surface area contributed by atoms with Crippen molar-refractivity contribution in [3.8, 4) is 5.75 Å². The number of hydrogen-bond donors (Lipinski definition) is 1. The molecule has 0 spiro atoms. The number of methoxy groups -OCH3 is 1. The molecular formula is C12H18FNO. The molecular weight excluding hydrogens is 193 g/mol. The zero-order chi connectivity index (χ0) is 11.5. The summed E-state index contributed by atoms with van der Waals surface area (Å²) in [5, 5.41) is 3.24. The molecule has 0 amide bonds. The number of ether oxygens (including phenoxy) is 1. The summed E-state index contributed by atoms with van der Waals surface area (Å²) < 4.78 is 18.0. The molecule has 1 rings (SSSR count). The lowest BCUT2D eigenvalue weighted by Gasteiger charge is -2.19. The molecule has 0 radical (unpaired) electrons. The molecule has 0 aliphatic carbocycles. The molecule has 84 valence electrons. The topological polar surface area (TPSA) is 21.3 Å². The predicted octanol–water partition coefficient (Wildman–Crippen LogP) is 3.29. The summed E-state index contributed by atoms with van der Waals surface area (Å²) in [6.45, 7) is 7.25. The van der Waals surface area contributed by atoms with Gasteiger partial charge in [0.1, 0.15) is 0 Å². The molecule has 0 bridgehead atoms. The van der Waals surface area contributed by atoms with E-state index < -0.39 is 0 Å². The fourth-order valence-electron chi connectivity index (χ4n) is 1.14. The normalized spacial score (nSPS) is 11.3. The van der Waals surface area contributed by atoms with Gasteiger partial charge in [-0.15, -0.1) is 0 Å². The number of hydrogen-bond acceptors (Lipinski definition) is 2. The third-order valence-corrected chi connectivity index (χ3v) is 1.97. The Kier molecular flexibility index (Phi) is 3.56. The zero-order valence-electron chi connectivity index (χ0n) is 9.73. The van der Waals surface area contributed by atoms with Crippen LogP contribution in [0.4, 0.5) is 10.1 Å². The molecule has 1 N–H and O–H groups in total. The summed E-state index contributed by atoms with van der Waals surface area (Å²) in [4.78, 5) is 0. The smallest absolute Gasteiger partial charge is 0.165 e. The fourth-order valence-corrected chi connectivity index (χ4v) is 1.14. The Bertz CT molecular complexity index is 331. The first-order valence-electron chi connectivity index (χ1n) is 5.00. The maximum absolute atomic E-state index is 13.1. The van der Waals surface area contributed by atoms with Gasteiger partial charge in [-0.05, 0) is 17.5 Å². The van der Waals surface area contributed by atoms with E-state index in [1.165, 1.54) is 13.2 Å². The first-order chi connectivity index (χ1) is 6.92. The lowest BCUT2D eigenvalue weighted by atomic mass is 9.97. The van der Waals surface area contributed by atoms with E-state index in [-0.39, 0.29) is 17.0 Å². The summed E-state index contributed by atoms with van der Waals surface area (Å²) in [6, 6.07) is 4.79. The van der Waals surface area contributed by atoms with E-state index in [1.807, 2.05) is 0 Å². The van der Waals surface area contributed by atoms with Crippen molar-refractivity contribution in [2.45, 2.75) is 20.8 Å². The van der Waals surface area contributed by atoms with E-state index >= 15 is 0 Å². The van der Waals surface area contributed by atoms with Gasteiger partial charge in [0, 0.05) is 18.3 Å². The molecule has 0 saturated heterocycles. The first-order valence-corrected chi connectivity index (χ1v) is 5.00. The maximum atomic E-state index is 13.1. The van der Waals surface area contributed by atoms with Crippen LogP contribution in [0.15, 0.2) is 18.2 Å². The third-order valence-electron chi connectivity index (χ3n) is 1.97. The van der Waals surface area contributed by atoms with Crippen molar-refractivity contribution in [2.24, 2.45) is 5.41 Å². The highest BCUT2D eigenvalue weighted by molar-refractivity contribution is 5.48. The molecule has 0 aromatic heterocycles. The van der Waals surface area contributed by atoms with E-state index in [2.05, 4.69) is 26.1 Å². The minimum absolute atomic E-state index is 0.196. The molecule has 0 saturated carbocycles. The molecule has 0 fully saturated rings. The van der Waals surface area contributed by atoms with Gasteiger partial charge in [-0.2, -0.15) is 0 Å². The molecule has 3 heteroatoms. The summed E-state index contributed by atoms with van der Waals surface area (Å²) >= 11 is 0. The van der Waals surface area contributed by atoms with Crippen LogP contribution in [0, 0.1) is 11.2 Å². The number of rotatable bonds is 3. The zero-order valence-corrected chi connectivity index (χ0v) is 9.73. The molecule has 0 atom stereocenters. The van der Waals surface area contributed by atoms with Crippen LogP contribution < -0.4 is 10.1 Å². The number of nitrogens with one attached hydrogen (secondary N) is 1. The van der Waals surface area contributed by atoms with Crippen LogP contribution in [-0.2, 0) is 0 Å². The number of benzene rings is 1. The van der Waals surface area contributed by atoms with Crippen LogP contribution in [0.1, 0.15) is 20.8 Å². The summed E-state index contributed by atoms with van der Waals surface area (Å²) in [6.07, 6.45) is 0. The van der Waals surface area contributed by atoms with Crippen molar-refractivity contribution in [1.82, 2.24) is 0 Å². The highest BCUT2D eigenvalue weighted by Crippen LogP contribution is 2.22. The van der Waals surface area contributed by atoms with Gasteiger partial charge in [-0.3, -0.25) is 0 Å². The van der Waals surface area contributed by atoms with Crippen molar-refractivity contribution < 1.29 is 9.13 Å². The largest absolute Gasteiger partial charge is 0.494 e. The van der Waals surface area contributed by atoms with E-state index in [4.69, 9.17) is 4.74 Å². The minimum atomic E-state index is -0.334. The molecule has 1 aromatic carbocycles. The second kappa shape index (κ2) is 4.51. The molecule has 1 aromatic rings. The Labute approximate surface area is 90.4 Å². The molecule has 0 aliphatic rings. The molecule has 15 heavy (non-hydrogen) atoms. The lowest BCUT2D eigenvalue weighted by molar-refractivity contribution is 0.386. The molecule has 0 heterocycles. The monoisotopic (exact) mass is 211 g/mol. The summed E-state index contributed by atoms with van der Waals surface area (Å²) in [5.41, 5.74) is 1.07. The van der Waals surface area contributed by atoms with Crippen molar-refractivity contribution in [1.29, 1.82) is 0 Å². The SMILES string of the molecule is COc1cc(NCC(C)(C)C)ccc1F. The van der Waals surface area contributed by atoms with Crippen LogP contribution in [0.5, 0.6) is 5.75 Å². The Balaban J connectivity index is 2.70.